The van der Waals surface area contributed by atoms with Crippen LogP contribution in [0.5, 0.6) is 0 Å². The molecular formula is C14H19N4S+. The van der Waals surface area contributed by atoms with E-state index in [4.69, 9.17) is 12.2 Å². The molecule has 1 aromatic heterocycles. The summed E-state index contributed by atoms with van der Waals surface area (Å²) in [6.45, 7) is 4.04. The van der Waals surface area contributed by atoms with E-state index in [2.05, 4.69) is 46.3 Å². The number of aromatic amines is 1. The minimum Gasteiger partial charge on any atom is -0.358 e. The SMILES string of the molecule is Cc1ccc2[nH]c3c(c2c1)CCN(C(=S)N[NH3+])CC3. The molecule has 0 saturated heterocycles. The quantitative estimate of drug-likeness (QED) is 0.495. The van der Waals surface area contributed by atoms with Gasteiger partial charge in [0.15, 0.2) is 0 Å². The fourth-order valence-corrected chi connectivity index (χ4v) is 3.02. The Kier molecular flexibility index (Phi) is 3.16. The lowest BCUT2D eigenvalue weighted by Crippen LogP contribution is -2.69. The molecule has 0 amide bonds. The maximum absolute atomic E-state index is 5.28. The monoisotopic (exact) mass is 275 g/mol. The second-order valence-electron chi connectivity index (χ2n) is 5.10. The van der Waals surface area contributed by atoms with Gasteiger partial charge in [0.2, 0.25) is 5.11 Å². The van der Waals surface area contributed by atoms with Crippen molar-refractivity contribution in [3.63, 3.8) is 0 Å². The second kappa shape index (κ2) is 4.83. The number of rotatable bonds is 0. The Hall–Kier alpha value is -1.59. The molecule has 0 aliphatic carbocycles. The van der Waals surface area contributed by atoms with E-state index in [9.17, 15) is 0 Å². The molecule has 0 saturated carbocycles. The van der Waals surface area contributed by atoms with Crippen molar-refractivity contribution in [2.75, 3.05) is 13.1 Å². The fraction of sp³-hybridized carbons (Fsp3) is 0.357. The first kappa shape index (κ1) is 12.4. The van der Waals surface area contributed by atoms with E-state index < -0.39 is 0 Å². The number of H-pyrrole nitrogens is 1. The number of thiocarbonyl (C=S) groups is 1. The Labute approximate surface area is 117 Å². The average Bonchev–Trinajstić information content (AvgIpc) is 2.62. The van der Waals surface area contributed by atoms with E-state index in [-0.39, 0.29) is 0 Å². The van der Waals surface area contributed by atoms with E-state index in [0.29, 0.717) is 0 Å². The Bertz CT molecular complexity index is 632. The highest BCUT2D eigenvalue weighted by atomic mass is 32.1. The van der Waals surface area contributed by atoms with Crippen molar-refractivity contribution in [1.29, 1.82) is 0 Å². The van der Waals surface area contributed by atoms with Gasteiger partial charge in [-0.15, -0.1) is 0 Å². The van der Waals surface area contributed by atoms with Gasteiger partial charge in [-0.3, -0.25) is 5.84 Å². The van der Waals surface area contributed by atoms with Gasteiger partial charge in [-0.2, -0.15) is 0 Å². The zero-order chi connectivity index (χ0) is 13.4. The molecule has 0 atom stereocenters. The molecule has 1 aliphatic heterocycles. The highest BCUT2D eigenvalue weighted by Crippen LogP contribution is 2.26. The third-order valence-electron chi connectivity index (χ3n) is 3.85. The van der Waals surface area contributed by atoms with Crippen molar-refractivity contribution in [1.82, 2.24) is 15.3 Å². The lowest BCUT2D eigenvalue weighted by atomic mass is 10.1. The number of hydrogen-bond donors (Lipinski definition) is 3. The van der Waals surface area contributed by atoms with Crippen LogP contribution in [0, 0.1) is 6.92 Å². The van der Waals surface area contributed by atoms with E-state index >= 15 is 0 Å². The number of nitrogens with one attached hydrogen (secondary N) is 2. The summed E-state index contributed by atoms with van der Waals surface area (Å²) >= 11 is 5.28. The number of nitrogens with zero attached hydrogens (tertiary/aromatic N) is 1. The average molecular weight is 275 g/mol. The standard InChI is InChI=1S/C14H18N4S/c1-9-2-3-12-11(8-9)10-4-6-18(14(19)17-15)7-5-13(10)16-12/h2-3,8,16H,4-7,15H2,1H3,(H,17,19)/p+1. The highest BCUT2D eigenvalue weighted by molar-refractivity contribution is 7.80. The van der Waals surface area contributed by atoms with Crippen LogP contribution in [0.3, 0.4) is 0 Å². The maximum Gasteiger partial charge on any atom is 0.215 e. The minimum absolute atomic E-state index is 0.741. The zero-order valence-corrected chi connectivity index (χ0v) is 11.9. The smallest absolute Gasteiger partial charge is 0.215 e. The van der Waals surface area contributed by atoms with Gasteiger partial charge in [0, 0.05) is 36.1 Å². The first-order valence-corrected chi connectivity index (χ1v) is 7.02. The van der Waals surface area contributed by atoms with Crippen LogP contribution in [0.1, 0.15) is 16.8 Å². The van der Waals surface area contributed by atoms with Crippen molar-refractivity contribution in [2.24, 2.45) is 0 Å². The van der Waals surface area contributed by atoms with Crippen LogP contribution in [0.15, 0.2) is 18.2 Å². The maximum atomic E-state index is 5.28. The topological polar surface area (TPSA) is 58.7 Å². The molecule has 100 valence electrons. The molecule has 1 aromatic carbocycles. The van der Waals surface area contributed by atoms with Crippen LogP contribution in [0.4, 0.5) is 0 Å². The highest BCUT2D eigenvalue weighted by Gasteiger charge is 2.19. The van der Waals surface area contributed by atoms with Gasteiger partial charge < -0.3 is 9.88 Å². The molecule has 0 spiro atoms. The van der Waals surface area contributed by atoms with Crippen LogP contribution in [0.25, 0.3) is 10.9 Å². The Morgan fingerprint density at radius 2 is 2.16 bits per heavy atom. The molecule has 0 unspecified atom stereocenters. The minimum atomic E-state index is 0.741. The number of benzene rings is 1. The summed E-state index contributed by atoms with van der Waals surface area (Å²) in [6.07, 6.45) is 2.03. The molecule has 0 radical (unpaired) electrons. The molecule has 2 aromatic rings. The number of fused-ring (bicyclic) bond motifs is 3. The number of quaternary nitrogens is 1. The van der Waals surface area contributed by atoms with Crippen molar-refractivity contribution in [3.8, 4) is 0 Å². The normalized spacial score (nSPS) is 15.2. The third kappa shape index (κ3) is 2.19. The van der Waals surface area contributed by atoms with Crippen LogP contribution in [0.2, 0.25) is 0 Å². The van der Waals surface area contributed by atoms with Crippen molar-refractivity contribution < 1.29 is 5.84 Å². The van der Waals surface area contributed by atoms with E-state index in [1.165, 1.54) is 27.7 Å². The lowest BCUT2D eigenvalue weighted by Gasteiger charge is -2.20. The molecule has 3 rings (SSSR count). The Morgan fingerprint density at radius 3 is 2.95 bits per heavy atom. The largest absolute Gasteiger partial charge is 0.358 e. The van der Waals surface area contributed by atoms with Gasteiger partial charge >= 0.3 is 0 Å². The van der Waals surface area contributed by atoms with Crippen LogP contribution in [-0.4, -0.2) is 28.1 Å². The van der Waals surface area contributed by atoms with Crippen molar-refractivity contribution in [2.45, 2.75) is 19.8 Å². The van der Waals surface area contributed by atoms with Crippen LogP contribution in [-0.2, 0) is 12.8 Å². The Morgan fingerprint density at radius 1 is 1.37 bits per heavy atom. The summed E-state index contributed by atoms with van der Waals surface area (Å²) in [5, 5.41) is 2.11. The fourth-order valence-electron chi connectivity index (χ4n) is 2.84. The number of aryl methyl sites for hydroxylation is 1. The molecular weight excluding hydrogens is 256 g/mol. The predicted molar refractivity (Wildman–Crippen MR) is 80.6 cm³/mol. The van der Waals surface area contributed by atoms with Gasteiger partial charge in [-0.25, -0.2) is 5.43 Å². The molecule has 2 heterocycles. The molecule has 0 bridgehead atoms. The van der Waals surface area contributed by atoms with E-state index in [1.54, 1.807) is 0 Å². The molecule has 4 nitrogen and oxygen atoms in total. The van der Waals surface area contributed by atoms with Gasteiger partial charge in [0.05, 0.1) is 0 Å². The molecule has 0 fully saturated rings. The van der Waals surface area contributed by atoms with Crippen LogP contribution < -0.4 is 11.3 Å². The Balaban J connectivity index is 1.96. The molecule has 5 heteroatoms. The number of aromatic nitrogens is 1. The van der Waals surface area contributed by atoms with Crippen molar-refractivity contribution in [3.05, 3.63) is 35.0 Å². The van der Waals surface area contributed by atoms with Gasteiger partial charge in [0.25, 0.3) is 0 Å². The summed E-state index contributed by atoms with van der Waals surface area (Å²) in [4.78, 5) is 5.75. The summed E-state index contributed by atoms with van der Waals surface area (Å²) < 4.78 is 0. The molecule has 19 heavy (non-hydrogen) atoms. The summed E-state index contributed by atoms with van der Waals surface area (Å²) in [5.74, 6) is 3.65. The summed E-state index contributed by atoms with van der Waals surface area (Å²) in [7, 11) is 0. The van der Waals surface area contributed by atoms with Gasteiger partial charge in [-0.05, 0) is 43.3 Å². The van der Waals surface area contributed by atoms with E-state index in [0.717, 1.165) is 31.0 Å². The zero-order valence-electron chi connectivity index (χ0n) is 11.1. The number of hydrogen-bond acceptors (Lipinski definition) is 1. The summed E-state index contributed by atoms with van der Waals surface area (Å²) in [6, 6.07) is 6.61. The third-order valence-corrected chi connectivity index (χ3v) is 4.25. The van der Waals surface area contributed by atoms with Gasteiger partial charge in [-0.1, -0.05) is 11.6 Å². The first-order chi connectivity index (χ1) is 9.19. The first-order valence-electron chi connectivity index (χ1n) is 6.61. The summed E-state index contributed by atoms with van der Waals surface area (Å²) in [5.41, 5.74) is 8.20. The van der Waals surface area contributed by atoms with Crippen LogP contribution >= 0.6 is 12.2 Å². The van der Waals surface area contributed by atoms with Gasteiger partial charge in [0.1, 0.15) is 0 Å². The van der Waals surface area contributed by atoms with Crippen molar-refractivity contribution >= 4 is 28.2 Å². The second-order valence-corrected chi connectivity index (χ2v) is 5.49. The molecule has 5 N–H and O–H groups in total. The van der Waals surface area contributed by atoms with E-state index in [1.807, 2.05) is 0 Å². The molecule has 1 aliphatic rings. The predicted octanol–water partition coefficient (Wildman–Crippen LogP) is 0.908. The lowest BCUT2D eigenvalue weighted by molar-refractivity contribution is -0.420.